The number of benzene rings is 1. The topological polar surface area (TPSA) is 95.9 Å². The Morgan fingerprint density at radius 3 is 2.57 bits per heavy atom. The van der Waals surface area contributed by atoms with Gasteiger partial charge < -0.3 is 20.3 Å². The fraction of sp³-hybridized carbons (Fsp3) is 0.500. The first-order chi connectivity index (χ1) is 10.8. The van der Waals surface area contributed by atoms with E-state index >= 15 is 0 Å². The molecular formula is C16H23NO5S. The van der Waals surface area contributed by atoms with E-state index in [1.807, 2.05) is 37.3 Å². The number of thioether (sulfide) groups is 1. The van der Waals surface area contributed by atoms with Gasteiger partial charge in [-0.1, -0.05) is 37.3 Å². The summed E-state index contributed by atoms with van der Waals surface area (Å²) in [7, 11) is 0. The molecule has 1 aromatic carbocycles. The van der Waals surface area contributed by atoms with Crippen LogP contribution in [0.15, 0.2) is 30.3 Å². The molecule has 3 N–H and O–H groups in total. The number of aliphatic hydroxyl groups is 1. The number of carbonyl (C=O) groups is 2. The van der Waals surface area contributed by atoms with Crippen molar-refractivity contribution in [2.24, 2.45) is 0 Å². The van der Waals surface area contributed by atoms with Gasteiger partial charge in [0.25, 0.3) is 0 Å². The predicted molar refractivity (Wildman–Crippen MR) is 89.4 cm³/mol. The Morgan fingerprint density at radius 1 is 1.35 bits per heavy atom. The third-order valence-electron chi connectivity index (χ3n) is 3.26. The molecule has 0 bridgehead atoms. The highest BCUT2D eigenvalue weighted by atomic mass is 32.2. The van der Waals surface area contributed by atoms with Gasteiger partial charge in [-0.25, -0.2) is 9.59 Å². The fourth-order valence-corrected chi connectivity index (χ4v) is 2.80. The molecule has 1 aromatic rings. The average molecular weight is 341 g/mol. The molecule has 1 rings (SSSR count). The third-order valence-corrected chi connectivity index (χ3v) is 4.66. The monoisotopic (exact) mass is 341 g/mol. The van der Waals surface area contributed by atoms with Crippen molar-refractivity contribution in [3.8, 4) is 0 Å². The van der Waals surface area contributed by atoms with E-state index in [0.29, 0.717) is 12.2 Å². The van der Waals surface area contributed by atoms with Gasteiger partial charge >= 0.3 is 12.1 Å². The smallest absolute Gasteiger partial charge is 0.408 e. The lowest BCUT2D eigenvalue weighted by atomic mass is 10.1. The number of carboxylic acid groups (broad SMARTS) is 1. The molecule has 23 heavy (non-hydrogen) atoms. The van der Waals surface area contributed by atoms with Crippen molar-refractivity contribution < 1.29 is 24.5 Å². The highest BCUT2D eigenvalue weighted by Gasteiger charge is 2.23. The van der Waals surface area contributed by atoms with E-state index in [-0.39, 0.29) is 12.4 Å². The summed E-state index contributed by atoms with van der Waals surface area (Å²) in [5.74, 6) is -0.578. The van der Waals surface area contributed by atoms with E-state index < -0.39 is 23.7 Å². The Labute approximate surface area is 140 Å². The third kappa shape index (κ3) is 7.90. The highest BCUT2D eigenvalue weighted by Crippen LogP contribution is 2.17. The van der Waals surface area contributed by atoms with Crippen LogP contribution < -0.4 is 5.32 Å². The van der Waals surface area contributed by atoms with Crippen LogP contribution in [0.5, 0.6) is 0 Å². The zero-order valence-corrected chi connectivity index (χ0v) is 14.1. The molecular weight excluding hydrogens is 318 g/mol. The van der Waals surface area contributed by atoms with Crippen LogP contribution in [0.25, 0.3) is 0 Å². The van der Waals surface area contributed by atoms with Gasteiger partial charge in [0.2, 0.25) is 0 Å². The molecule has 0 saturated carbocycles. The second-order valence-electron chi connectivity index (χ2n) is 5.46. The minimum atomic E-state index is -1.13. The Bertz CT molecular complexity index is 506. The first kappa shape index (κ1) is 19.3. The van der Waals surface area contributed by atoms with Gasteiger partial charge in [0.1, 0.15) is 12.6 Å². The van der Waals surface area contributed by atoms with Crippen LogP contribution in [-0.4, -0.2) is 45.4 Å². The van der Waals surface area contributed by atoms with Gasteiger partial charge in [0, 0.05) is 11.5 Å². The maximum atomic E-state index is 11.7. The number of carboxylic acids is 1. The summed E-state index contributed by atoms with van der Waals surface area (Å²) in [5.41, 5.74) is -0.0236. The van der Waals surface area contributed by atoms with Crippen molar-refractivity contribution in [2.75, 3.05) is 11.5 Å². The summed E-state index contributed by atoms with van der Waals surface area (Å²) in [5, 5.41) is 21.4. The quantitative estimate of drug-likeness (QED) is 0.638. The number of hydrogen-bond acceptors (Lipinski definition) is 5. The lowest BCUT2D eigenvalue weighted by Crippen LogP contribution is -2.43. The Kier molecular flexibility index (Phi) is 7.91. The summed E-state index contributed by atoms with van der Waals surface area (Å²) in [6.07, 6.45) is -0.200. The van der Waals surface area contributed by atoms with Crippen molar-refractivity contribution in [3.05, 3.63) is 35.9 Å². The SMILES string of the molecule is CCC(C)(O)CSCC(NC(=O)OCc1ccccc1)C(=O)O. The van der Waals surface area contributed by atoms with Crippen molar-refractivity contribution >= 4 is 23.8 Å². The van der Waals surface area contributed by atoms with Crippen molar-refractivity contribution in [1.82, 2.24) is 5.32 Å². The molecule has 0 radical (unpaired) electrons. The van der Waals surface area contributed by atoms with Crippen molar-refractivity contribution in [2.45, 2.75) is 38.5 Å². The van der Waals surface area contributed by atoms with E-state index in [4.69, 9.17) is 9.84 Å². The average Bonchev–Trinajstić information content (AvgIpc) is 2.52. The summed E-state index contributed by atoms with van der Waals surface area (Å²) in [4.78, 5) is 22.9. The highest BCUT2D eigenvalue weighted by molar-refractivity contribution is 7.99. The number of alkyl carbamates (subject to hydrolysis) is 1. The maximum Gasteiger partial charge on any atom is 0.408 e. The second-order valence-corrected chi connectivity index (χ2v) is 6.49. The number of carbonyl (C=O) groups excluding carboxylic acids is 1. The number of ether oxygens (including phenoxy) is 1. The number of rotatable bonds is 9. The Hall–Kier alpha value is -1.73. The molecule has 0 fully saturated rings. The summed E-state index contributed by atoms with van der Waals surface area (Å²) in [6, 6.07) is 8.07. The molecule has 2 unspecified atom stereocenters. The molecule has 0 spiro atoms. The van der Waals surface area contributed by atoms with Crippen LogP contribution in [0.2, 0.25) is 0 Å². The normalized spacial score (nSPS) is 14.6. The van der Waals surface area contributed by atoms with Crippen LogP contribution in [0, 0.1) is 0 Å². The van der Waals surface area contributed by atoms with Crippen LogP contribution in [0.1, 0.15) is 25.8 Å². The standard InChI is InChI=1S/C16H23NO5S/c1-3-16(2,21)11-23-10-13(14(18)19)17-15(20)22-9-12-7-5-4-6-8-12/h4-8,13,21H,3,9-11H2,1-2H3,(H,17,20)(H,18,19). The van der Waals surface area contributed by atoms with E-state index in [1.54, 1.807) is 6.92 Å². The first-order valence-corrected chi connectivity index (χ1v) is 8.49. The molecule has 0 aromatic heterocycles. The molecule has 0 aliphatic rings. The van der Waals surface area contributed by atoms with Gasteiger partial charge in [-0.3, -0.25) is 0 Å². The van der Waals surface area contributed by atoms with Crippen LogP contribution in [-0.2, 0) is 16.1 Å². The van der Waals surface area contributed by atoms with Crippen LogP contribution >= 0.6 is 11.8 Å². The summed E-state index contributed by atoms with van der Waals surface area (Å²) < 4.78 is 5.01. The summed E-state index contributed by atoms with van der Waals surface area (Å²) >= 11 is 1.28. The Balaban J connectivity index is 2.39. The maximum absolute atomic E-state index is 11.7. The van der Waals surface area contributed by atoms with Gasteiger partial charge in [0.05, 0.1) is 5.60 Å². The number of aliphatic carboxylic acids is 1. The molecule has 0 saturated heterocycles. The number of hydrogen-bond donors (Lipinski definition) is 3. The van der Waals surface area contributed by atoms with E-state index in [1.165, 1.54) is 11.8 Å². The van der Waals surface area contributed by atoms with Crippen molar-refractivity contribution in [3.63, 3.8) is 0 Å². The largest absolute Gasteiger partial charge is 0.480 e. The number of nitrogens with one attached hydrogen (secondary N) is 1. The minimum Gasteiger partial charge on any atom is -0.480 e. The Morgan fingerprint density at radius 2 is 2.00 bits per heavy atom. The van der Waals surface area contributed by atoms with Gasteiger partial charge in [-0.2, -0.15) is 11.8 Å². The van der Waals surface area contributed by atoms with Gasteiger partial charge in [-0.05, 0) is 18.9 Å². The van der Waals surface area contributed by atoms with Gasteiger partial charge in [0.15, 0.2) is 0 Å². The minimum absolute atomic E-state index is 0.0801. The number of amides is 1. The molecule has 7 heteroatoms. The van der Waals surface area contributed by atoms with E-state index in [2.05, 4.69) is 5.32 Å². The molecule has 1 amide bonds. The van der Waals surface area contributed by atoms with E-state index in [9.17, 15) is 14.7 Å². The molecule has 0 aliphatic heterocycles. The van der Waals surface area contributed by atoms with Crippen LogP contribution in [0.4, 0.5) is 4.79 Å². The molecule has 128 valence electrons. The predicted octanol–water partition coefficient (Wildman–Crippen LogP) is 2.26. The molecule has 0 heterocycles. The molecule has 2 atom stereocenters. The lowest BCUT2D eigenvalue weighted by Gasteiger charge is -2.21. The van der Waals surface area contributed by atoms with E-state index in [0.717, 1.165) is 5.56 Å². The second kappa shape index (κ2) is 9.42. The van der Waals surface area contributed by atoms with Gasteiger partial charge in [-0.15, -0.1) is 0 Å². The molecule has 6 nitrogen and oxygen atoms in total. The zero-order chi connectivity index (χ0) is 17.3. The fourth-order valence-electron chi connectivity index (χ4n) is 1.58. The zero-order valence-electron chi connectivity index (χ0n) is 13.3. The first-order valence-electron chi connectivity index (χ1n) is 7.34. The lowest BCUT2D eigenvalue weighted by molar-refractivity contribution is -0.138. The summed E-state index contributed by atoms with van der Waals surface area (Å²) in [6.45, 7) is 3.63. The van der Waals surface area contributed by atoms with Crippen molar-refractivity contribution in [1.29, 1.82) is 0 Å². The van der Waals surface area contributed by atoms with Crippen LogP contribution in [0.3, 0.4) is 0 Å². The molecule has 0 aliphatic carbocycles.